The van der Waals surface area contributed by atoms with Gasteiger partial charge in [0.1, 0.15) is 12.6 Å². The average molecular weight is 475 g/mol. The van der Waals surface area contributed by atoms with Crippen LogP contribution in [0.2, 0.25) is 0 Å². The number of rotatable bonds is 9. The third-order valence-corrected chi connectivity index (χ3v) is 6.71. The first-order valence-corrected chi connectivity index (χ1v) is 11.6. The van der Waals surface area contributed by atoms with Crippen LogP contribution in [0.5, 0.6) is 0 Å². The SMILES string of the molecule is O=C(NC[C@H]1C[C@H]1C(=O)N[C@@H](Cc1cnc[nH]1)C(=O)O)OCC1c2ccccc2-c2ccccc21. The maximum absolute atomic E-state index is 12.5. The fourth-order valence-electron chi connectivity index (χ4n) is 4.75. The summed E-state index contributed by atoms with van der Waals surface area (Å²) in [6.07, 6.45) is 3.17. The monoisotopic (exact) mass is 474 g/mol. The number of hydrogen-bond acceptors (Lipinski definition) is 5. The highest BCUT2D eigenvalue weighted by molar-refractivity contribution is 5.87. The molecular weight excluding hydrogens is 448 g/mol. The van der Waals surface area contributed by atoms with Crippen molar-refractivity contribution in [3.63, 3.8) is 0 Å². The zero-order valence-corrected chi connectivity index (χ0v) is 18.9. The lowest BCUT2D eigenvalue weighted by Crippen LogP contribution is -2.43. The number of aromatic nitrogens is 2. The minimum Gasteiger partial charge on any atom is -0.480 e. The van der Waals surface area contributed by atoms with Gasteiger partial charge in [-0.25, -0.2) is 14.6 Å². The van der Waals surface area contributed by atoms with E-state index >= 15 is 0 Å². The number of aromatic amines is 1. The van der Waals surface area contributed by atoms with Crippen LogP contribution >= 0.6 is 0 Å². The Morgan fingerprint density at radius 1 is 1.09 bits per heavy atom. The van der Waals surface area contributed by atoms with Crippen molar-refractivity contribution in [2.45, 2.75) is 24.8 Å². The molecule has 0 aliphatic heterocycles. The van der Waals surface area contributed by atoms with E-state index in [1.807, 2.05) is 24.3 Å². The lowest BCUT2D eigenvalue weighted by Gasteiger charge is -2.15. The Kier molecular flexibility index (Phi) is 6.22. The van der Waals surface area contributed by atoms with E-state index in [-0.39, 0.29) is 36.7 Å². The molecule has 1 saturated carbocycles. The Labute approximate surface area is 201 Å². The summed E-state index contributed by atoms with van der Waals surface area (Å²) in [4.78, 5) is 43.1. The highest BCUT2D eigenvalue weighted by atomic mass is 16.5. The quantitative estimate of drug-likeness (QED) is 0.377. The van der Waals surface area contributed by atoms with Gasteiger partial charge in [-0.05, 0) is 34.6 Å². The zero-order chi connectivity index (χ0) is 24.4. The molecule has 2 aliphatic rings. The van der Waals surface area contributed by atoms with Gasteiger partial charge < -0.3 is 25.5 Å². The number of amides is 2. The number of hydrogen-bond donors (Lipinski definition) is 4. The number of nitrogens with one attached hydrogen (secondary N) is 3. The van der Waals surface area contributed by atoms with Crippen molar-refractivity contribution in [1.29, 1.82) is 0 Å². The van der Waals surface area contributed by atoms with E-state index in [1.54, 1.807) is 0 Å². The zero-order valence-electron chi connectivity index (χ0n) is 18.9. The summed E-state index contributed by atoms with van der Waals surface area (Å²) in [5.74, 6) is -1.82. The van der Waals surface area contributed by atoms with Crippen LogP contribution < -0.4 is 10.6 Å². The predicted molar refractivity (Wildman–Crippen MR) is 127 cm³/mol. The number of fused-ring (bicyclic) bond motifs is 3. The van der Waals surface area contributed by atoms with E-state index in [0.29, 0.717) is 18.7 Å². The summed E-state index contributed by atoms with van der Waals surface area (Å²) >= 11 is 0. The van der Waals surface area contributed by atoms with E-state index in [9.17, 15) is 19.5 Å². The smallest absolute Gasteiger partial charge is 0.407 e. The van der Waals surface area contributed by atoms with Crippen molar-refractivity contribution in [2.75, 3.05) is 13.2 Å². The lowest BCUT2D eigenvalue weighted by molar-refractivity contribution is -0.142. The summed E-state index contributed by atoms with van der Waals surface area (Å²) in [5, 5.41) is 14.7. The van der Waals surface area contributed by atoms with Crippen molar-refractivity contribution < 1.29 is 24.2 Å². The Hall–Kier alpha value is -4.14. The molecule has 0 bridgehead atoms. The molecule has 35 heavy (non-hydrogen) atoms. The molecule has 5 rings (SSSR count). The molecule has 2 aliphatic carbocycles. The standard InChI is InChI=1S/C26H26N4O5/c31-24(30-23(25(32)33)10-16-12-27-14-29-16)21-9-15(21)11-28-26(34)35-13-22-19-7-3-1-5-17(19)18-6-2-4-8-20(18)22/h1-8,12,14-15,21-23H,9-11,13H2,(H,27,29)(H,28,34)(H,30,31)(H,32,33)/t15-,21-,23+/m1/s1. The van der Waals surface area contributed by atoms with Gasteiger partial charge in [-0.2, -0.15) is 0 Å². The molecule has 4 N–H and O–H groups in total. The van der Waals surface area contributed by atoms with Gasteiger partial charge in [-0.1, -0.05) is 48.5 Å². The van der Waals surface area contributed by atoms with Crippen LogP contribution in [0, 0.1) is 11.8 Å². The largest absolute Gasteiger partial charge is 0.480 e. The van der Waals surface area contributed by atoms with Crippen LogP contribution in [-0.4, -0.2) is 52.2 Å². The van der Waals surface area contributed by atoms with Gasteiger partial charge in [0, 0.05) is 36.7 Å². The molecule has 1 aromatic heterocycles. The first-order chi connectivity index (χ1) is 17.0. The van der Waals surface area contributed by atoms with Crippen molar-refractivity contribution in [1.82, 2.24) is 20.6 Å². The molecule has 9 nitrogen and oxygen atoms in total. The third kappa shape index (κ3) is 4.89. The second-order valence-electron chi connectivity index (χ2n) is 8.99. The number of carboxylic acid groups (broad SMARTS) is 1. The molecule has 0 unspecified atom stereocenters. The van der Waals surface area contributed by atoms with E-state index in [2.05, 4.69) is 44.9 Å². The molecule has 9 heteroatoms. The molecule has 2 amide bonds. The second-order valence-corrected chi connectivity index (χ2v) is 8.99. The Morgan fingerprint density at radius 3 is 2.40 bits per heavy atom. The minimum atomic E-state index is -1.11. The van der Waals surface area contributed by atoms with Gasteiger partial charge in [0.25, 0.3) is 0 Å². The summed E-state index contributed by atoms with van der Waals surface area (Å²) in [5.41, 5.74) is 5.24. The number of carbonyl (C=O) groups is 3. The van der Waals surface area contributed by atoms with Gasteiger partial charge in [0.2, 0.25) is 5.91 Å². The fraction of sp³-hybridized carbons (Fsp3) is 0.308. The number of aliphatic carboxylic acids is 1. The number of carboxylic acids is 1. The van der Waals surface area contributed by atoms with Crippen LogP contribution in [0.15, 0.2) is 61.1 Å². The summed E-state index contributed by atoms with van der Waals surface area (Å²) < 4.78 is 5.53. The first kappa shape index (κ1) is 22.6. The molecule has 3 atom stereocenters. The van der Waals surface area contributed by atoms with Gasteiger partial charge in [-0.15, -0.1) is 0 Å². The van der Waals surface area contributed by atoms with Crippen LogP contribution in [0.4, 0.5) is 4.79 Å². The molecule has 0 radical (unpaired) electrons. The van der Waals surface area contributed by atoms with Gasteiger partial charge in [-0.3, -0.25) is 4.79 Å². The molecule has 1 heterocycles. The summed E-state index contributed by atoms with van der Waals surface area (Å²) in [6.45, 7) is 0.523. The predicted octanol–water partition coefficient (Wildman–Crippen LogP) is 2.70. The van der Waals surface area contributed by atoms with Gasteiger partial charge in [0.05, 0.1) is 6.33 Å². The number of imidazole rings is 1. The highest BCUT2D eigenvalue weighted by Crippen LogP contribution is 2.44. The van der Waals surface area contributed by atoms with Crippen molar-refractivity contribution >= 4 is 18.0 Å². The minimum absolute atomic E-state index is 0.0181. The molecule has 1 fully saturated rings. The van der Waals surface area contributed by atoms with Crippen molar-refractivity contribution in [3.8, 4) is 11.1 Å². The molecule has 180 valence electrons. The maximum Gasteiger partial charge on any atom is 0.407 e. The number of carbonyl (C=O) groups excluding carboxylic acids is 2. The Bertz CT molecular complexity index is 1200. The van der Waals surface area contributed by atoms with E-state index in [4.69, 9.17) is 4.74 Å². The third-order valence-electron chi connectivity index (χ3n) is 6.71. The second kappa shape index (κ2) is 9.61. The molecular formula is C26H26N4O5. The molecule has 2 aromatic carbocycles. The van der Waals surface area contributed by atoms with Crippen LogP contribution in [0.25, 0.3) is 11.1 Å². The topological polar surface area (TPSA) is 133 Å². The van der Waals surface area contributed by atoms with Crippen molar-refractivity contribution in [2.24, 2.45) is 11.8 Å². The van der Waals surface area contributed by atoms with Gasteiger partial charge in [0.15, 0.2) is 0 Å². The van der Waals surface area contributed by atoms with Crippen LogP contribution in [0.1, 0.15) is 29.2 Å². The summed E-state index contributed by atoms with van der Waals surface area (Å²) in [6, 6.07) is 15.2. The number of alkyl carbamates (subject to hydrolysis) is 1. The molecule has 0 saturated heterocycles. The Balaban J connectivity index is 1.09. The number of ether oxygens (including phenoxy) is 1. The van der Waals surface area contributed by atoms with Crippen LogP contribution in [0.3, 0.4) is 0 Å². The van der Waals surface area contributed by atoms with E-state index in [1.165, 1.54) is 12.5 Å². The highest BCUT2D eigenvalue weighted by Gasteiger charge is 2.44. The van der Waals surface area contributed by atoms with Crippen LogP contribution in [-0.2, 0) is 20.7 Å². The Morgan fingerprint density at radius 2 is 1.77 bits per heavy atom. The number of nitrogens with zero attached hydrogens (tertiary/aromatic N) is 1. The number of benzene rings is 2. The summed E-state index contributed by atoms with van der Waals surface area (Å²) in [7, 11) is 0. The van der Waals surface area contributed by atoms with E-state index < -0.39 is 18.1 Å². The van der Waals surface area contributed by atoms with E-state index in [0.717, 1.165) is 22.3 Å². The molecule has 0 spiro atoms. The molecule has 3 aromatic rings. The van der Waals surface area contributed by atoms with Crippen molar-refractivity contribution in [3.05, 3.63) is 77.9 Å². The average Bonchev–Trinajstić information content (AvgIpc) is 3.32. The normalized spacial score (nSPS) is 18.7. The fourth-order valence-corrected chi connectivity index (χ4v) is 4.75. The van der Waals surface area contributed by atoms with Gasteiger partial charge >= 0.3 is 12.1 Å². The number of H-pyrrole nitrogens is 1. The maximum atomic E-state index is 12.5. The lowest BCUT2D eigenvalue weighted by atomic mass is 9.98. The first-order valence-electron chi connectivity index (χ1n) is 11.6.